The van der Waals surface area contributed by atoms with E-state index in [-0.39, 0.29) is 5.91 Å². The van der Waals surface area contributed by atoms with Crippen LogP contribution in [-0.2, 0) is 23.6 Å². The number of hydrogen-bond donors (Lipinski definition) is 1. The lowest BCUT2D eigenvalue weighted by molar-refractivity contribution is -0.131. The molecule has 0 saturated carbocycles. The number of fused-ring (bicyclic) bond motifs is 1. The second-order valence-corrected chi connectivity index (χ2v) is 8.04. The van der Waals surface area contributed by atoms with Crippen molar-refractivity contribution in [2.45, 2.75) is 56.6 Å². The number of para-hydroxylation sites is 1. The molecule has 2 N–H and O–H groups in total. The number of benzene rings is 1. The summed E-state index contributed by atoms with van der Waals surface area (Å²) in [5.41, 5.74) is 6.93. The van der Waals surface area contributed by atoms with Gasteiger partial charge in [-0.3, -0.25) is 4.79 Å². The predicted molar refractivity (Wildman–Crippen MR) is 113 cm³/mol. The Morgan fingerprint density at radius 2 is 2.00 bits per heavy atom. The van der Waals surface area contributed by atoms with Gasteiger partial charge in [-0.15, -0.1) is 10.2 Å². The molecule has 0 bridgehead atoms. The number of aromatic nitrogens is 5. The van der Waals surface area contributed by atoms with Crippen molar-refractivity contribution in [2.75, 3.05) is 12.3 Å². The van der Waals surface area contributed by atoms with Crippen LogP contribution in [0, 0.1) is 0 Å². The summed E-state index contributed by atoms with van der Waals surface area (Å²) in [6.07, 6.45) is 3.77. The average Bonchev–Trinajstić information content (AvgIpc) is 3.00. The van der Waals surface area contributed by atoms with Crippen molar-refractivity contribution in [1.82, 2.24) is 29.6 Å². The van der Waals surface area contributed by atoms with E-state index >= 15 is 0 Å². The highest BCUT2D eigenvalue weighted by atomic mass is 32.2. The van der Waals surface area contributed by atoms with Crippen molar-refractivity contribution in [3.05, 3.63) is 35.9 Å². The molecular weight excluding hydrogens is 386 g/mol. The van der Waals surface area contributed by atoms with Gasteiger partial charge in [0.25, 0.3) is 0 Å². The number of thioether (sulfide) groups is 1. The molecule has 152 valence electrons. The number of carbonyl (C=O) groups excluding carboxylic acids is 1. The first-order valence-corrected chi connectivity index (χ1v) is 11.0. The van der Waals surface area contributed by atoms with E-state index < -0.39 is 0 Å². The number of rotatable bonds is 6. The average molecular weight is 412 g/mol. The van der Waals surface area contributed by atoms with Gasteiger partial charge in [-0.05, 0) is 31.9 Å². The first-order chi connectivity index (χ1) is 14.2. The fourth-order valence-electron chi connectivity index (χ4n) is 3.58. The van der Waals surface area contributed by atoms with Gasteiger partial charge in [0.1, 0.15) is 11.6 Å². The van der Waals surface area contributed by atoms with Crippen LogP contribution in [0.25, 0.3) is 10.9 Å². The molecule has 0 spiro atoms. The van der Waals surface area contributed by atoms with Gasteiger partial charge in [-0.1, -0.05) is 30.3 Å². The molecule has 0 unspecified atom stereocenters. The molecule has 8 nitrogen and oxygen atoms in total. The molecule has 9 heteroatoms. The largest absolute Gasteiger partial charge is 0.383 e. The van der Waals surface area contributed by atoms with Crippen LogP contribution in [0.4, 0.5) is 5.82 Å². The summed E-state index contributed by atoms with van der Waals surface area (Å²) < 4.78 is 2.06. The minimum absolute atomic E-state index is 0.211. The number of nitrogens with two attached hydrogens (primary N) is 1. The molecule has 1 amide bonds. The number of anilines is 1. The Labute approximate surface area is 173 Å². The van der Waals surface area contributed by atoms with Gasteiger partial charge in [0.05, 0.1) is 17.8 Å². The van der Waals surface area contributed by atoms with Crippen molar-refractivity contribution in [3.63, 3.8) is 0 Å². The Hall–Kier alpha value is -2.68. The summed E-state index contributed by atoms with van der Waals surface area (Å²) in [7, 11) is 0. The Morgan fingerprint density at radius 3 is 2.86 bits per heavy atom. The Balaban J connectivity index is 1.49. The van der Waals surface area contributed by atoms with E-state index in [4.69, 9.17) is 5.73 Å². The highest BCUT2D eigenvalue weighted by Gasteiger charge is 2.20. The maximum Gasteiger partial charge on any atom is 0.222 e. The van der Waals surface area contributed by atoms with Crippen LogP contribution in [-0.4, -0.2) is 42.1 Å². The van der Waals surface area contributed by atoms with Gasteiger partial charge in [0.2, 0.25) is 5.91 Å². The van der Waals surface area contributed by atoms with Crippen molar-refractivity contribution in [1.29, 1.82) is 0 Å². The van der Waals surface area contributed by atoms with Gasteiger partial charge in [0.15, 0.2) is 11.0 Å². The Morgan fingerprint density at radius 1 is 1.14 bits per heavy atom. The summed E-state index contributed by atoms with van der Waals surface area (Å²) >= 11 is 1.54. The van der Waals surface area contributed by atoms with Crippen molar-refractivity contribution in [3.8, 4) is 0 Å². The third-order valence-electron chi connectivity index (χ3n) is 5.12. The molecule has 3 heterocycles. The van der Waals surface area contributed by atoms with Crippen LogP contribution in [0.2, 0.25) is 0 Å². The lowest BCUT2D eigenvalue weighted by Crippen LogP contribution is -2.31. The van der Waals surface area contributed by atoms with E-state index in [2.05, 4.69) is 31.7 Å². The molecule has 1 aliphatic rings. The molecule has 1 saturated heterocycles. The number of nitrogen functional groups attached to an aromatic ring is 1. The monoisotopic (exact) mass is 411 g/mol. The highest BCUT2D eigenvalue weighted by molar-refractivity contribution is 7.98. The lowest BCUT2D eigenvalue weighted by Gasteiger charge is -2.20. The second-order valence-electron chi connectivity index (χ2n) is 7.10. The van der Waals surface area contributed by atoms with E-state index in [1.165, 1.54) is 11.8 Å². The highest BCUT2D eigenvalue weighted by Crippen LogP contribution is 2.24. The van der Waals surface area contributed by atoms with E-state index in [0.29, 0.717) is 30.4 Å². The molecule has 29 heavy (non-hydrogen) atoms. The standard InChI is InChI=1S/C20H25N7OS/c1-2-27-17(12-26-11-7-3-4-10-18(26)28)24-25-20(27)29-13-16-22-15-9-6-5-8-14(15)19(21)23-16/h5-6,8-9H,2-4,7,10-13H2,1H3,(H2,21,22,23). The zero-order chi connectivity index (χ0) is 20.2. The molecule has 0 radical (unpaired) electrons. The zero-order valence-electron chi connectivity index (χ0n) is 16.5. The molecule has 4 rings (SSSR count). The minimum Gasteiger partial charge on any atom is -0.383 e. The molecule has 1 aliphatic heterocycles. The van der Waals surface area contributed by atoms with Crippen LogP contribution in [0.1, 0.15) is 44.3 Å². The molecule has 3 aromatic rings. The summed E-state index contributed by atoms with van der Waals surface area (Å²) in [4.78, 5) is 23.3. The van der Waals surface area contributed by atoms with Crippen LogP contribution >= 0.6 is 11.8 Å². The van der Waals surface area contributed by atoms with Gasteiger partial charge in [0, 0.05) is 24.9 Å². The fourth-order valence-corrected chi connectivity index (χ4v) is 4.46. The van der Waals surface area contributed by atoms with Gasteiger partial charge < -0.3 is 15.2 Å². The number of carbonyl (C=O) groups is 1. The topological polar surface area (TPSA) is 103 Å². The molecule has 1 aromatic carbocycles. The summed E-state index contributed by atoms with van der Waals surface area (Å²) in [6.45, 7) is 4.11. The normalized spacial score (nSPS) is 15.1. The third-order valence-corrected chi connectivity index (χ3v) is 6.09. The minimum atomic E-state index is 0.211. The number of hydrogen-bond acceptors (Lipinski definition) is 7. The van der Waals surface area contributed by atoms with E-state index in [1.807, 2.05) is 29.2 Å². The maximum absolute atomic E-state index is 12.3. The van der Waals surface area contributed by atoms with Gasteiger partial charge in [-0.2, -0.15) is 0 Å². The van der Waals surface area contributed by atoms with Crippen LogP contribution in [0.5, 0.6) is 0 Å². The van der Waals surface area contributed by atoms with Crippen LogP contribution < -0.4 is 5.73 Å². The van der Waals surface area contributed by atoms with Crippen LogP contribution in [0.15, 0.2) is 29.4 Å². The quantitative estimate of drug-likeness (QED) is 0.622. The molecule has 2 aromatic heterocycles. The molecule has 1 fully saturated rings. The predicted octanol–water partition coefficient (Wildman–Crippen LogP) is 3.02. The van der Waals surface area contributed by atoms with Gasteiger partial charge >= 0.3 is 0 Å². The summed E-state index contributed by atoms with van der Waals surface area (Å²) in [5, 5.41) is 10.4. The second kappa shape index (κ2) is 8.77. The third kappa shape index (κ3) is 4.34. The first-order valence-electron chi connectivity index (χ1n) is 9.99. The summed E-state index contributed by atoms with van der Waals surface area (Å²) in [6, 6.07) is 7.73. The smallest absolute Gasteiger partial charge is 0.222 e. The van der Waals surface area contributed by atoms with Crippen molar-refractivity contribution in [2.24, 2.45) is 0 Å². The van der Waals surface area contributed by atoms with Crippen molar-refractivity contribution < 1.29 is 4.79 Å². The number of nitrogens with zero attached hydrogens (tertiary/aromatic N) is 6. The lowest BCUT2D eigenvalue weighted by atomic mass is 10.2. The van der Waals surface area contributed by atoms with Crippen molar-refractivity contribution >= 4 is 34.4 Å². The van der Waals surface area contributed by atoms with E-state index in [0.717, 1.165) is 54.2 Å². The SMILES string of the molecule is CCn1c(CN2CCCCCC2=O)nnc1SCc1nc(N)c2ccccc2n1. The molecule has 0 aliphatic carbocycles. The zero-order valence-corrected chi connectivity index (χ0v) is 17.4. The fraction of sp³-hybridized carbons (Fsp3) is 0.450. The van der Waals surface area contributed by atoms with Crippen LogP contribution in [0.3, 0.4) is 0 Å². The van der Waals surface area contributed by atoms with Gasteiger partial charge in [-0.25, -0.2) is 9.97 Å². The number of amides is 1. The molecule has 0 atom stereocenters. The number of likely N-dealkylation sites (tertiary alicyclic amines) is 1. The maximum atomic E-state index is 12.3. The first kappa shape index (κ1) is 19.6. The van der Waals surface area contributed by atoms with E-state index in [9.17, 15) is 4.79 Å². The molecular formula is C20H25N7OS. The summed E-state index contributed by atoms with van der Waals surface area (Å²) in [5.74, 6) is 2.74. The Bertz CT molecular complexity index is 1020. The Kier molecular flexibility index (Phi) is 5.94. The van der Waals surface area contributed by atoms with E-state index in [1.54, 1.807) is 0 Å².